The lowest BCUT2D eigenvalue weighted by atomic mass is 9.89. The Bertz CT molecular complexity index is 370. The molecule has 0 amide bonds. The van der Waals surface area contributed by atoms with Gasteiger partial charge in [0.05, 0.1) is 6.10 Å². The highest BCUT2D eigenvalue weighted by Gasteiger charge is 2.29. The molecule has 1 fully saturated rings. The Balaban J connectivity index is 2.03. The lowest BCUT2D eigenvalue weighted by molar-refractivity contribution is 0.0695. The van der Waals surface area contributed by atoms with E-state index in [9.17, 15) is 0 Å². The van der Waals surface area contributed by atoms with Crippen molar-refractivity contribution in [1.82, 2.24) is 15.6 Å². The molecule has 1 aliphatic rings. The fourth-order valence-electron chi connectivity index (χ4n) is 1.40. The van der Waals surface area contributed by atoms with Gasteiger partial charge in [-0.2, -0.15) is 0 Å². The van der Waals surface area contributed by atoms with Crippen LogP contribution in [-0.2, 0) is 0 Å². The van der Waals surface area contributed by atoms with Crippen molar-refractivity contribution in [2.24, 2.45) is 5.16 Å². The number of aromatic nitrogens is 2. The molecule has 2 rings (SSSR count). The Labute approximate surface area is 84.7 Å². The molecular formula is C7H11N5O3. The number of aliphatic hydroxyl groups is 1. The predicted molar refractivity (Wildman–Crippen MR) is 49.2 cm³/mol. The van der Waals surface area contributed by atoms with Crippen LogP contribution in [0.1, 0.15) is 18.5 Å². The maximum Gasteiger partial charge on any atom is 0.199 e. The van der Waals surface area contributed by atoms with Gasteiger partial charge in [0.15, 0.2) is 17.3 Å². The number of nitrogens with two attached hydrogens (primary N) is 1. The molecule has 0 radical (unpaired) electrons. The van der Waals surface area contributed by atoms with Crippen LogP contribution in [-0.4, -0.2) is 38.6 Å². The number of nitrogens with one attached hydrogen (secondary N) is 1. The van der Waals surface area contributed by atoms with Crippen LogP contribution in [0.15, 0.2) is 9.78 Å². The van der Waals surface area contributed by atoms with E-state index >= 15 is 0 Å². The molecule has 0 aliphatic heterocycles. The maximum absolute atomic E-state index is 9.08. The third-order valence-corrected chi connectivity index (χ3v) is 2.29. The molecule has 1 saturated carbocycles. The fraction of sp³-hybridized carbons (Fsp3) is 0.571. The molecule has 1 aromatic heterocycles. The summed E-state index contributed by atoms with van der Waals surface area (Å²) in [4.78, 5) is 0. The molecular weight excluding hydrogens is 202 g/mol. The molecule has 0 aromatic carbocycles. The summed E-state index contributed by atoms with van der Waals surface area (Å²) in [5.41, 5.74) is 5.60. The predicted octanol–water partition coefficient (Wildman–Crippen LogP) is -1.10. The third-order valence-electron chi connectivity index (χ3n) is 2.29. The summed E-state index contributed by atoms with van der Waals surface area (Å²) in [7, 11) is 0. The van der Waals surface area contributed by atoms with Crippen LogP contribution in [0.3, 0.4) is 0 Å². The lowest BCUT2D eigenvalue weighted by Crippen LogP contribution is -2.47. The van der Waals surface area contributed by atoms with Gasteiger partial charge in [-0.15, -0.1) is 0 Å². The van der Waals surface area contributed by atoms with Gasteiger partial charge in [-0.25, -0.2) is 4.63 Å². The van der Waals surface area contributed by atoms with Gasteiger partial charge in [-0.3, -0.25) is 0 Å². The Hall–Kier alpha value is -1.83. The second-order valence-corrected chi connectivity index (χ2v) is 3.41. The van der Waals surface area contributed by atoms with E-state index in [1.165, 1.54) is 0 Å². The van der Waals surface area contributed by atoms with E-state index in [-0.39, 0.29) is 29.5 Å². The first-order chi connectivity index (χ1) is 7.20. The van der Waals surface area contributed by atoms with Gasteiger partial charge in [-0.1, -0.05) is 5.16 Å². The number of nitrogen functional groups attached to an aromatic ring is 1. The molecule has 0 saturated heterocycles. The van der Waals surface area contributed by atoms with Crippen molar-refractivity contribution in [2.45, 2.75) is 25.0 Å². The highest BCUT2D eigenvalue weighted by atomic mass is 16.6. The number of aliphatic hydroxyl groups excluding tert-OH is 1. The smallest absolute Gasteiger partial charge is 0.199 e. The average Bonchev–Trinajstić information content (AvgIpc) is 2.57. The summed E-state index contributed by atoms with van der Waals surface area (Å²) in [6.07, 6.45) is 0.907. The van der Waals surface area contributed by atoms with E-state index in [0.29, 0.717) is 12.8 Å². The second kappa shape index (κ2) is 3.73. The molecule has 1 aromatic rings. The molecule has 15 heavy (non-hydrogen) atoms. The van der Waals surface area contributed by atoms with Gasteiger partial charge in [-0.05, 0) is 23.2 Å². The maximum atomic E-state index is 9.08. The summed E-state index contributed by atoms with van der Waals surface area (Å²) in [6, 6.07) is 0.0574. The molecule has 8 nitrogen and oxygen atoms in total. The molecule has 1 heterocycles. The Morgan fingerprint density at radius 1 is 1.53 bits per heavy atom. The normalized spacial score (nSPS) is 26.1. The largest absolute Gasteiger partial charge is 0.409 e. The van der Waals surface area contributed by atoms with Crippen molar-refractivity contribution < 1.29 is 14.9 Å². The van der Waals surface area contributed by atoms with E-state index in [4.69, 9.17) is 16.0 Å². The molecule has 0 unspecified atom stereocenters. The van der Waals surface area contributed by atoms with Gasteiger partial charge in [0.1, 0.15) is 0 Å². The van der Waals surface area contributed by atoms with Crippen LogP contribution >= 0.6 is 0 Å². The topological polar surface area (TPSA) is 130 Å². The van der Waals surface area contributed by atoms with Crippen molar-refractivity contribution in [1.29, 1.82) is 0 Å². The number of rotatable bonds is 2. The number of hydrogen-bond donors (Lipinski definition) is 4. The standard InChI is InChI=1S/C7H11N5O3/c8-6-5(11-15-12-6)7(10-14)9-3-1-4(13)2-3/h3-4,13-14H,1-2H2,(H2,8,12)(H,9,10). The monoisotopic (exact) mass is 213 g/mol. The molecule has 0 bridgehead atoms. The van der Waals surface area contributed by atoms with Crippen LogP contribution < -0.4 is 11.1 Å². The molecule has 0 atom stereocenters. The molecule has 82 valence electrons. The van der Waals surface area contributed by atoms with Gasteiger partial charge in [0, 0.05) is 6.04 Å². The first kappa shape index (κ1) is 9.71. The van der Waals surface area contributed by atoms with Crippen LogP contribution in [0.2, 0.25) is 0 Å². The highest BCUT2D eigenvalue weighted by molar-refractivity contribution is 6.00. The Morgan fingerprint density at radius 2 is 2.27 bits per heavy atom. The summed E-state index contributed by atoms with van der Waals surface area (Å²) < 4.78 is 4.38. The Morgan fingerprint density at radius 3 is 2.73 bits per heavy atom. The molecule has 1 aliphatic carbocycles. The first-order valence-electron chi connectivity index (χ1n) is 4.45. The van der Waals surface area contributed by atoms with Crippen molar-refractivity contribution in [2.75, 3.05) is 5.73 Å². The quantitative estimate of drug-likeness (QED) is 0.212. The SMILES string of the molecule is Nc1nonc1/C(=N/O)NC1CC(O)C1. The average molecular weight is 213 g/mol. The van der Waals surface area contributed by atoms with Gasteiger partial charge in [0.25, 0.3) is 0 Å². The molecule has 8 heteroatoms. The zero-order valence-electron chi connectivity index (χ0n) is 7.79. The van der Waals surface area contributed by atoms with Crippen molar-refractivity contribution in [3.05, 3.63) is 5.69 Å². The summed E-state index contributed by atoms with van der Waals surface area (Å²) in [6.45, 7) is 0. The minimum absolute atomic E-state index is 0.0511. The highest BCUT2D eigenvalue weighted by Crippen LogP contribution is 2.20. The van der Waals surface area contributed by atoms with Crippen LogP contribution in [0, 0.1) is 0 Å². The fourth-order valence-corrected chi connectivity index (χ4v) is 1.40. The number of hydrogen-bond acceptors (Lipinski definition) is 7. The molecule has 0 spiro atoms. The van der Waals surface area contributed by atoms with Crippen LogP contribution in [0.5, 0.6) is 0 Å². The number of amidine groups is 1. The van der Waals surface area contributed by atoms with E-state index < -0.39 is 0 Å². The van der Waals surface area contributed by atoms with Gasteiger partial charge < -0.3 is 21.4 Å². The summed E-state index contributed by atoms with van der Waals surface area (Å²) in [5, 5.41) is 30.6. The minimum Gasteiger partial charge on any atom is -0.409 e. The van der Waals surface area contributed by atoms with Crippen LogP contribution in [0.4, 0.5) is 5.82 Å². The lowest BCUT2D eigenvalue weighted by Gasteiger charge is -2.32. The van der Waals surface area contributed by atoms with Gasteiger partial charge in [0.2, 0.25) is 0 Å². The Kier molecular flexibility index (Phi) is 2.42. The zero-order chi connectivity index (χ0) is 10.8. The summed E-state index contributed by atoms with van der Waals surface area (Å²) >= 11 is 0. The van der Waals surface area contributed by atoms with Gasteiger partial charge >= 0.3 is 0 Å². The summed E-state index contributed by atoms with van der Waals surface area (Å²) in [5.74, 6) is 0.154. The first-order valence-corrected chi connectivity index (χ1v) is 4.45. The van der Waals surface area contributed by atoms with E-state index in [1.807, 2.05) is 0 Å². The zero-order valence-corrected chi connectivity index (χ0v) is 7.79. The van der Waals surface area contributed by atoms with Crippen LogP contribution in [0.25, 0.3) is 0 Å². The van der Waals surface area contributed by atoms with E-state index in [0.717, 1.165) is 0 Å². The third kappa shape index (κ3) is 1.84. The second-order valence-electron chi connectivity index (χ2n) is 3.41. The van der Waals surface area contributed by atoms with Crippen molar-refractivity contribution >= 4 is 11.7 Å². The molecule has 5 N–H and O–H groups in total. The number of oxime groups is 1. The minimum atomic E-state index is -0.296. The van der Waals surface area contributed by atoms with Crippen molar-refractivity contribution in [3.63, 3.8) is 0 Å². The van der Waals surface area contributed by atoms with E-state index in [1.54, 1.807) is 0 Å². The number of nitrogens with zero attached hydrogens (tertiary/aromatic N) is 3. The van der Waals surface area contributed by atoms with Crippen molar-refractivity contribution in [3.8, 4) is 0 Å². The van der Waals surface area contributed by atoms with E-state index in [2.05, 4.69) is 25.4 Å². The number of anilines is 1.